The Balaban J connectivity index is 3.05. The minimum Gasteiger partial charge on any atom is -0.409 e. The van der Waals surface area contributed by atoms with Crippen LogP contribution in [0, 0.1) is 0 Å². The Morgan fingerprint density at radius 2 is 2.23 bits per heavy atom. The lowest BCUT2D eigenvalue weighted by Crippen LogP contribution is -2.15. The summed E-state index contributed by atoms with van der Waals surface area (Å²) in [6.07, 6.45) is 0. The molecule has 0 aliphatic heterocycles. The zero-order valence-electron chi connectivity index (χ0n) is 7.73. The van der Waals surface area contributed by atoms with Crippen LogP contribution in [0.25, 0.3) is 0 Å². The first-order valence-corrected chi connectivity index (χ1v) is 4.10. The third-order valence-corrected chi connectivity index (χ3v) is 1.73. The summed E-state index contributed by atoms with van der Waals surface area (Å²) >= 11 is 0. The first-order valence-electron chi connectivity index (χ1n) is 4.10. The maximum atomic E-state index is 8.44. The van der Waals surface area contributed by atoms with E-state index in [2.05, 4.69) is 10.1 Å². The van der Waals surface area contributed by atoms with Crippen LogP contribution < -0.4 is 5.73 Å². The fourth-order valence-electron chi connectivity index (χ4n) is 0.967. The number of oxime groups is 1. The largest absolute Gasteiger partial charge is 0.409 e. The van der Waals surface area contributed by atoms with E-state index in [0.717, 1.165) is 5.69 Å². The van der Waals surface area contributed by atoms with Crippen molar-refractivity contribution in [1.82, 2.24) is 4.98 Å². The Morgan fingerprint density at radius 1 is 1.54 bits per heavy atom. The Kier molecular flexibility index (Phi) is 2.84. The van der Waals surface area contributed by atoms with Crippen molar-refractivity contribution >= 4 is 5.84 Å². The van der Waals surface area contributed by atoms with Gasteiger partial charge in [0.2, 0.25) is 0 Å². The van der Waals surface area contributed by atoms with Gasteiger partial charge in [-0.1, -0.05) is 25.1 Å². The molecule has 0 saturated heterocycles. The first-order chi connectivity index (χ1) is 6.15. The van der Waals surface area contributed by atoms with Gasteiger partial charge in [-0.05, 0) is 18.1 Å². The van der Waals surface area contributed by atoms with Gasteiger partial charge in [-0.15, -0.1) is 0 Å². The maximum absolute atomic E-state index is 8.44. The third-order valence-electron chi connectivity index (χ3n) is 1.73. The van der Waals surface area contributed by atoms with Gasteiger partial charge >= 0.3 is 0 Å². The van der Waals surface area contributed by atoms with E-state index in [1.807, 2.05) is 26.0 Å². The number of hydrogen-bond donors (Lipinski definition) is 2. The van der Waals surface area contributed by atoms with E-state index >= 15 is 0 Å². The van der Waals surface area contributed by atoms with Gasteiger partial charge in [-0.25, -0.2) is 4.98 Å². The van der Waals surface area contributed by atoms with Gasteiger partial charge in [0.25, 0.3) is 0 Å². The summed E-state index contributed by atoms with van der Waals surface area (Å²) in [4.78, 5) is 4.23. The van der Waals surface area contributed by atoms with E-state index in [-0.39, 0.29) is 5.84 Å². The number of nitrogens with two attached hydrogens (primary N) is 1. The minimum atomic E-state index is 0.0440. The molecule has 0 bridgehead atoms. The van der Waals surface area contributed by atoms with Gasteiger partial charge in [0.05, 0.1) is 0 Å². The van der Waals surface area contributed by atoms with E-state index in [4.69, 9.17) is 10.9 Å². The molecule has 13 heavy (non-hydrogen) atoms. The molecule has 3 N–H and O–H groups in total. The second-order valence-corrected chi connectivity index (χ2v) is 3.09. The predicted molar refractivity (Wildman–Crippen MR) is 50.8 cm³/mol. The fraction of sp³-hybridized carbons (Fsp3) is 0.333. The molecule has 0 atom stereocenters. The van der Waals surface area contributed by atoms with Crippen LogP contribution in [0.1, 0.15) is 31.2 Å². The summed E-state index contributed by atoms with van der Waals surface area (Å²) in [6.45, 7) is 4.08. The van der Waals surface area contributed by atoms with Gasteiger partial charge in [0.15, 0.2) is 5.84 Å². The molecule has 4 heteroatoms. The van der Waals surface area contributed by atoms with Gasteiger partial charge in [0, 0.05) is 5.69 Å². The highest BCUT2D eigenvalue weighted by molar-refractivity contribution is 5.95. The molecular weight excluding hydrogens is 166 g/mol. The number of pyridine rings is 1. The summed E-state index contributed by atoms with van der Waals surface area (Å²) in [5, 5.41) is 11.3. The topological polar surface area (TPSA) is 71.5 Å². The Bertz CT molecular complexity index is 320. The normalized spacial score (nSPS) is 12.1. The van der Waals surface area contributed by atoms with Crippen molar-refractivity contribution in [3.05, 3.63) is 29.6 Å². The molecule has 4 nitrogen and oxygen atoms in total. The molecule has 0 aliphatic rings. The molecule has 1 aromatic heterocycles. The second kappa shape index (κ2) is 3.89. The van der Waals surface area contributed by atoms with E-state index in [0.29, 0.717) is 11.6 Å². The molecule has 1 aromatic rings. The van der Waals surface area contributed by atoms with Crippen molar-refractivity contribution in [1.29, 1.82) is 0 Å². The standard InChI is InChI=1S/C9H13N3O/c1-6(2)7-4-3-5-8(11-7)9(10)12-13/h3-6,13H,1-2H3,(H2,10,12). The number of amidine groups is 1. The highest BCUT2D eigenvalue weighted by Gasteiger charge is 2.04. The summed E-state index contributed by atoms with van der Waals surface area (Å²) in [6, 6.07) is 5.47. The Hall–Kier alpha value is -1.58. The van der Waals surface area contributed by atoms with Crippen LogP contribution >= 0.6 is 0 Å². The highest BCUT2D eigenvalue weighted by Crippen LogP contribution is 2.11. The van der Waals surface area contributed by atoms with Crippen LogP contribution in [0.3, 0.4) is 0 Å². The molecule has 0 radical (unpaired) electrons. The SMILES string of the molecule is CC(C)c1cccc(C(N)=NO)n1. The van der Waals surface area contributed by atoms with Gasteiger partial charge in [-0.2, -0.15) is 0 Å². The third kappa shape index (κ3) is 2.18. The summed E-state index contributed by atoms with van der Waals surface area (Å²) in [5.41, 5.74) is 6.84. The molecule has 70 valence electrons. The maximum Gasteiger partial charge on any atom is 0.188 e. The lowest BCUT2D eigenvalue weighted by atomic mass is 10.1. The molecule has 0 saturated carbocycles. The van der Waals surface area contributed by atoms with Gasteiger partial charge < -0.3 is 10.9 Å². The number of aromatic nitrogens is 1. The molecule has 0 amide bonds. The summed E-state index contributed by atoms with van der Waals surface area (Å²) in [7, 11) is 0. The Labute approximate surface area is 77.1 Å². The number of rotatable bonds is 2. The quantitative estimate of drug-likeness (QED) is 0.311. The van der Waals surface area contributed by atoms with Crippen molar-refractivity contribution < 1.29 is 5.21 Å². The molecule has 0 aliphatic carbocycles. The van der Waals surface area contributed by atoms with Crippen LogP contribution in [-0.2, 0) is 0 Å². The molecular formula is C9H13N3O. The van der Waals surface area contributed by atoms with Crippen molar-refractivity contribution in [2.24, 2.45) is 10.9 Å². The van der Waals surface area contributed by atoms with Crippen LogP contribution in [-0.4, -0.2) is 16.0 Å². The van der Waals surface area contributed by atoms with Crippen molar-refractivity contribution in [3.8, 4) is 0 Å². The average Bonchev–Trinajstić information content (AvgIpc) is 2.17. The minimum absolute atomic E-state index is 0.0440. The first kappa shape index (κ1) is 9.51. The van der Waals surface area contributed by atoms with Crippen LogP contribution in [0.5, 0.6) is 0 Å². The van der Waals surface area contributed by atoms with Crippen LogP contribution in [0.2, 0.25) is 0 Å². The highest BCUT2D eigenvalue weighted by atomic mass is 16.4. The lowest BCUT2D eigenvalue weighted by Gasteiger charge is -2.05. The summed E-state index contributed by atoms with van der Waals surface area (Å²) in [5.74, 6) is 0.383. The van der Waals surface area contributed by atoms with E-state index in [9.17, 15) is 0 Å². The lowest BCUT2D eigenvalue weighted by molar-refractivity contribution is 0.318. The van der Waals surface area contributed by atoms with Crippen molar-refractivity contribution in [3.63, 3.8) is 0 Å². The van der Waals surface area contributed by atoms with Crippen molar-refractivity contribution in [2.45, 2.75) is 19.8 Å². The van der Waals surface area contributed by atoms with Gasteiger partial charge in [-0.3, -0.25) is 0 Å². The smallest absolute Gasteiger partial charge is 0.188 e. The zero-order chi connectivity index (χ0) is 9.84. The number of hydrogen-bond acceptors (Lipinski definition) is 3. The average molecular weight is 179 g/mol. The predicted octanol–water partition coefficient (Wildman–Crippen LogP) is 1.30. The van der Waals surface area contributed by atoms with Gasteiger partial charge in [0.1, 0.15) is 5.69 Å². The van der Waals surface area contributed by atoms with Crippen LogP contribution in [0.15, 0.2) is 23.4 Å². The van der Waals surface area contributed by atoms with Crippen LogP contribution in [0.4, 0.5) is 0 Å². The van der Waals surface area contributed by atoms with E-state index in [1.165, 1.54) is 0 Å². The van der Waals surface area contributed by atoms with E-state index < -0.39 is 0 Å². The molecule has 1 heterocycles. The second-order valence-electron chi connectivity index (χ2n) is 3.09. The molecule has 1 rings (SSSR count). The zero-order valence-corrected chi connectivity index (χ0v) is 7.73. The number of nitrogens with zero attached hydrogens (tertiary/aromatic N) is 2. The molecule has 0 spiro atoms. The molecule has 0 fully saturated rings. The summed E-state index contributed by atoms with van der Waals surface area (Å²) < 4.78 is 0. The van der Waals surface area contributed by atoms with Crippen molar-refractivity contribution in [2.75, 3.05) is 0 Å². The van der Waals surface area contributed by atoms with E-state index in [1.54, 1.807) is 6.07 Å². The monoisotopic (exact) mass is 179 g/mol. The fourth-order valence-corrected chi connectivity index (χ4v) is 0.967. The molecule has 0 aromatic carbocycles. The Morgan fingerprint density at radius 3 is 2.77 bits per heavy atom. The molecule has 0 unspecified atom stereocenters.